The highest BCUT2D eigenvalue weighted by Crippen LogP contribution is 2.34. The Bertz CT molecular complexity index is 774. The molecule has 0 aliphatic heterocycles. The lowest BCUT2D eigenvalue weighted by Crippen LogP contribution is -2.49. The van der Waals surface area contributed by atoms with E-state index in [1.807, 2.05) is 6.92 Å². The molecule has 1 atom stereocenters. The van der Waals surface area contributed by atoms with Crippen molar-refractivity contribution in [2.24, 2.45) is 0 Å². The maximum absolute atomic E-state index is 12.8. The number of hydrogen-bond donors (Lipinski definition) is 2. The fourth-order valence-electron chi connectivity index (χ4n) is 2.07. The lowest BCUT2D eigenvalue weighted by molar-refractivity contribution is -0.137. The van der Waals surface area contributed by atoms with Crippen LogP contribution >= 0.6 is 34.8 Å². The molecule has 2 N–H and O–H groups in total. The molecule has 0 aliphatic carbocycles. The van der Waals surface area contributed by atoms with Crippen molar-refractivity contribution in [3.63, 3.8) is 0 Å². The Kier molecular flexibility index (Phi) is 6.32. The Labute approximate surface area is 163 Å². The molecule has 0 heterocycles. The highest BCUT2D eigenvalue weighted by molar-refractivity contribution is 6.68. The van der Waals surface area contributed by atoms with Gasteiger partial charge in [-0.1, -0.05) is 58.6 Å². The van der Waals surface area contributed by atoms with Gasteiger partial charge in [-0.2, -0.15) is 13.2 Å². The van der Waals surface area contributed by atoms with Gasteiger partial charge in [-0.3, -0.25) is 4.79 Å². The van der Waals surface area contributed by atoms with E-state index in [-0.39, 0.29) is 5.69 Å². The van der Waals surface area contributed by atoms with Gasteiger partial charge in [-0.05, 0) is 37.3 Å². The zero-order valence-corrected chi connectivity index (χ0v) is 15.6. The minimum Gasteiger partial charge on any atom is -0.362 e. The molecule has 0 saturated carbocycles. The van der Waals surface area contributed by atoms with E-state index in [0.717, 1.165) is 17.7 Å². The molecule has 2 rings (SSSR count). The van der Waals surface area contributed by atoms with Crippen LogP contribution < -0.4 is 10.6 Å². The minimum absolute atomic E-state index is 0.0420. The van der Waals surface area contributed by atoms with Crippen LogP contribution in [0.1, 0.15) is 21.5 Å². The fraction of sp³-hybridized carbons (Fsp3) is 0.235. The standard InChI is InChI=1S/C17H14Cl3F3N2O/c1-10-5-7-11(8-6-10)14(26)25-15(16(18,19)20)24-13-4-2-3-12(9-13)17(21,22)23/h2-9,15,24H,1H3,(H,25,26). The van der Waals surface area contributed by atoms with Gasteiger partial charge in [-0.15, -0.1) is 0 Å². The predicted molar refractivity (Wildman–Crippen MR) is 97.8 cm³/mol. The van der Waals surface area contributed by atoms with Crippen molar-refractivity contribution in [3.05, 3.63) is 65.2 Å². The Hall–Kier alpha value is -1.63. The molecule has 0 spiro atoms. The molecule has 0 bridgehead atoms. The number of benzene rings is 2. The van der Waals surface area contributed by atoms with Gasteiger partial charge in [0.2, 0.25) is 3.79 Å². The molecule has 140 valence electrons. The zero-order chi connectivity index (χ0) is 19.5. The monoisotopic (exact) mass is 424 g/mol. The van der Waals surface area contributed by atoms with E-state index in [1.165, 1.54) is 12.1 Å². The van der Waals surface area contributed by atoms with Gasteiger partial charge in [0.05, 0.1) is 5.56 Å². The largest absolute Gasteiger partial charge is 0.416 e. The first kappa shape index (κ1) is 20.7. The van der Waals surface area contributed by atoms with E-state index >= 15 is 0 Å². The first-order valence-electron chi connectivity index (χ1n) is 7.35. The molecule has 0 aliphatic rings. The van der Waals surface area contributed by atoms with Crippen molar-refractivity contribution in [1.82, 2.24) is 5.32 Å². The normalized spacial score (nSPS) is 13.2. The summed E-state index contributed by atoms with van der Waals surface area (Å²) in [5.74, 6) is -0.541. The van der Waals surface area contributed by atoms with Gasteiger partial charge >= 0.3 is 6.18 Å². The van der Waals surface area contributed by atoms with E-state index in [2.05, 4.69) is 10.6 Å². The van der Waals surface area contributed by atoms with Crippen LogP contribution in [0.3, 0.4) is 0 Å². The molecule has 0 aromatic heterocycles. The van der Waals surface area contributed by atoms with Gasteiger partial charge in [0.25, 0.3) is 5.91 Å². The van der Waals surface area contributed by atoms with Crippen molar-refractivity contribution in [1.29, 1.82) is 0 Å². The molecule has 2 aromatic rings. The SMILES string of the molecule is Cc1ccc(C(=O)NC(Nc2cccc(C(F)(F)F)c2)C(Cl)(Cl)Cl)cc1. The van der Waals surface area contributed by atoms with Crippen LogP contribution in [0.2, 0.25) is 0 Å². The fourth-order valence-corrected chi connectivity index (χ4v) is 2.40. The zero-order valence-electron chi connectivity index (χ0n) is 13.4. The predicted octanol–water partition coefficient (Wildman–Crippen LogP) is 5.55. The number of nitrogens with one attached hydrogen (secondary N) is 2. The molecule has 1 amide bonds. The van der Waals surface area contributed by atoms with Crippen LogP contribution in [0.25, 0.3) is 0 Å². The smallest absolute Gasteiger partial charge is 0.362 e. The number of carbonyl (C=O) groups is 1. The summed E-state index contributed by atoms with van der Waals surface area (Å²) >= 11 is 17.6. The van der Waals surface area contributed by atoms with Crippen LogP contribution in [-0.4, -0.2) is 15.9 Å². The molecule has 3 nitrogen and oxygen atoms in total. The Balaban J connectivity index is 2.21. The average Bonchev–Trinajstić information content (AvgIpc) is 2.53. The summed E-state index contributed by atoms with van der Waals surface area (Å²) in [4.78, 5) is 12.3. The van der Waals surface area contributed by atoms with Gasteiger partial charge < -0.3 is 10.6 Å². The number of amides is 1. The van der Waals surface area contributed by atoms with E-state index in [0.29, 0.717) is 5.56 Å². The molecule has 1 unspecified atom stereocenters. The molecule has 2 aromatic carbocycles. The highest BCUT2D eigenvalue weighted by atomic mass is 35.6. The van der Waals surface area contributed by atoms with Crippen LogP contribution in [0.5, 0.6) is 0 Å². The van der Waals surface area contributed by atoms with Gasteiger partial charge in [0.1, 0.15) is 6.17 Å². The third-order valence-electron chi connectivity index (χ3n) is 3.42. The first-order chi connectivity index (χ1) is 12.0. The number of alkyl halides is 6. The number of hydrogen-bond acceptors (Lipinski definition) is 2. The summed E-state index contributed by atoms with van der Waals surface area (Å²) in [5.41, 5.74) is 0.457. The number of anilines is 1. The summed E-state index contributed by atoms with van der Waals surface area (Å²) < 4.78 is 36.5. The second kappa shape index (κ2) is 7.94. The van der Waals surface area contributed by atoms with E-state index in [4.69, 9.17) is 34.8 Å². The Morgan fingerprint density at radius 1 is 1.04 bits per heavy atom. The highest BCUT2D eigenvalue weighted by Gasteiger charge is 2.35. The second-order valence-electron chi connectivity index (χ2n) is 5.54. The quantitative estimate of drug-likeness (QED) is 0.498. The molecule has 9 heteroatoms. The molecule has 26 heavy (non-hydrogen) atoms. The summed E-state index contributed by atoms with van der Waals surface area (Å²) in [6.07, 6.45) is -5.78. The van der Waals surface area contributed by atoms with Crippen molar-refractivity contribution >= 4 is 46.4 Å². The van der Waals surface area contributed by atoms with Gasteiger partial charge in [0, 0.05) is 11.3 Å². The van der Waals surface area contributed by atoms with Crippen molar-refractivity contribution < 1.29 is 18.0 Å². The second-order valence-corrected chi connectivity index (χ2v) is 7.91. The number of rotatable bonds is 4. The number of halogens is 6. The maximum Gasteiger partial charge on any atom is 0.416 e. The molecule has 0 fully saturated rings. The molecule has 0 saturated heterocycles. The third kappa shape index (κ3) is 5.69. The minimum atomic E-state index is -4.52. The van der Waals surface area contributed by atoms with E-state index in [9.17, 15) is 18.0 Å². The molecular weight excluding hydrogens is 412 g/mol. The molecular formula is C17H14Cl3F3N2O. The summed E-state index contributed by atoms with van der Waals surface area (Å²) in [5, 5.41) is 5.09. The summed E-state index contributed by atoms with van der Waals surface area (Å²) in [6, 6.07) is 11.0. The lowest BCUT2D eigenvalue weighted by atomic mass is 10.1. The topological polar surface area (TPSA) is 41.1 Å². The van der Waals surface area contributed by atoms with Crippen molar-refractivity contribution in [2.45, 2.75) is 23.1 Å². The lowest BCUT2D eigenvalue weighted by Gasteiger charge is -2.27. The van der Waals surface area contributed by atoms with Crippen molar-refractivity contribution in [3.8, 4) is 0 Å². The average molecular weight is 426 g/mol. The number of carbonyl (C=O) groups excluding carboxylic acids is 1. The van der Waals surface area contributed by atoms with Crippen molar-refractivity contribution in [2.75, 3.05) is 5.32 Å². The van der Waals surface area contributed by atoms with Crippen LogP contribution in [-0.2, 0) is 6.18 Å². The van der Waals surface area contributed by atoms with Crippen LogP contribution in [0.4, 0.5) is 18.9 Å². The Morgan fingerprint density at radius 2 is 1.65 bits per heavy atom. The Morgan fingerprint density at radius 3 is 2.19 bits per heavy atom. The first-order valence-corrected chi connectivity index (χ1v) is 8.48. The van der Waals surface area contributed by atoms with Gasteiger partial charge in [-0.25, -0.2) is 0 Å². The van der Waals surface area contributed by atoms with Crippen LogP contribution in [0.15, 0.2) is 48.5 Å². The maximum atomic E-state index is 12.8. The molecule has 0 radical (unpaired) electrons. The van der Waals surface area contributed by atoms with Gasteiger partial charge in [0.15, 0.2) is 0 Å². The van der Waals surface area contributed by atoms with E-state index in [1.54, 1.807) is 24.3 Å². The summed E-state index contributed by atoms with van der Waals surface area (Å²) in [6.45, 7) is 1.86. The van der Waals surface area contributed by atoms with E-state index < -0.39 is 27.6 Å². The van der Waals surface area contributed by atoms with Crippen LogP contribution in [0, 0.1) is 6.92 Å². The number of aryl methyl sites for hydroxylation is 1. The third-order valence-corrected chi connectivity index (χ3v) is 4.07. The summed E-state index contributed by atoms with van der Waals surface area (Å²) in [7, 11) is 0.